The fourth-order valence-electron chi connectivity index (χ4n) is 5.47. The lowest BCUT2D eigenvalue weighted by molar-refractivity contribution is -0.123. The van der Waals surface area contributed by atoms with Crippen molar-refractivity contribution < 1.29 is 15.0 Å². The highest BCUT2D eigenvalue weighted by Gasteiger charge is 2.17. The van der Waals surface area contributed by atoms with Crippen LogP contribution in [0.15, 0.2) is 12.2 Å². The molecule has 0 spiro atoms. The molecule has 4 nitrogen and oxygen atoms in total. The summed E-state index contributed by atoms with van der Waals surface area (Å²) in [4.78, 5) is 11.9. The Bertz CT molecular complexity index is 536. The van der Waals surface area contributed by atoms with Crippen molar-refractivity contribution in [2.45, 2.75) is 206 Å². The van der Waals surface area contributed by atoms with Gasteiger partial charge in [-0.2, -0.15) is 0 Å². The Morgan fingerprint density at radius 3 is 1.30 bits per heavy atom. The summed E-state index contributed by atoms with van der Waals surface area (Å²) >= 11 is 0. The zero-order valence-electron chi connectivity index (χ0n) is 27.1. The largest absolute Gasteiger partial charge is 0.394 e. The van der Waals surface area contributed by atoms with Gasteiger partial charge in [0.1, 0.15) is 0 Å². The van der Waals surface area contributed by atoms with Crippen LogP contribution in [-0.4, -0.2) is 34.9 Å². The zero-order valence-corrected chi connectivity index (χ0v) is 27.1. The monoisotopic (exact) mass is 566 g/mol. The summed E-state index contributed by atoms with van der Waals surface area (Å²) in [6.45, 7) is 4.15. The summed E-state index contributed by atoms with van der Waals surface area (Å²) in [5.74, 6) is -0.0882. The maximum absolute atomic E-state index is 11.9. The summed E-state index contributed by atoms with van der Waals surface area (Å²) in [5.41, 5.74) is 0. The molecular formula is C36H71NO3. The van der Waals surface area contributed by atoms with E-state index < -0.39 is 12.1 Å². The molecule has 0 aromatic carbocycles. The van der Waals surface area contributed by atoms with E-state index in [1.165, 1.54) is 141 Å². The van der Waals surface area contributed by atoms with Crippen LogP contribution in [0.4, 0.5) is 0 Å². The number of allylic oxidation sites excluding steroid dienone is 1. The molecule has 0 aromatic heterocycles. The zero-order chi connectivity index (χ0) is 29.4. The second-order valence-electron chi connectivity index (χ2n) is 12.3. The molecule has 4 heteroatoms. The number of rotatable bonds is 32. The predicted octanol–water partition coefficient (Wildman–Crippen LogP) is 10.3. The first-order valence-corrected chi connectivity index (χ1v) is 17.9. The number of amides is 1. The fourth-order valence-corrected chi connectivity index (χ4v) is 5.47. The van der Waals surface area contributed by atoms with E-state index in [0.29, 0.717) is 6.42 Å². The van der Waals surface area contributed by atoms with Gasteiger partial charge in [-0.15, -0.1) is 0 Å². The number of carbonyl (C=O) groups is 1. The topological polar surface area (TPSA) is 69.6 Å². The first-order chi connectivity index (χ1) is 19.7. The Balaban J connectivity index is 3.37. The molecule has 0 fully saturated rings. The lowest BCUT2D eigenvalue weighted by Crippen LogP contribution is -2.45. The third kappa shape index (κ3) is 28.7. The van der Waals surface area contributed by atoms with Gasteiger partial charge < -0.3 is 15.5 Å². The average Bonchev–Trinajstić information content (AvgIpc) is 2.95. The third-order valence-electron chi connectivity index (χ3n) is 8.27. The molecule has 3 N–H and O–H groups in total. The van der Waals surface area contributed by atoms with Crippen molar-refractivity contribution in [3.05, 3.63) is 12.2 Å². The van der Waals surface area contributed by atoms with Gasteiger partial charge in [0, 0.05) is 6.42 Å². The van der Waals surface area contributed by atoms with Crippen LogP contribution >= 0.6 is 0 Å². The van der Waals surface area contributed by atoms with Crippen LogP contribution in [0, 0.1) is 0 Å². The molecule has 0 radical (unpaired) electrons. The number of hydrogen-bond donors (Lipinski definition) is 3. The minimum atomic E-state index is -0.829. The van der Waals surface area contributed by atoms with Crippen LogP contribution in [0.25, 0.3) is 0 Å². The highest BCUT2D eigenvalue weighted by Crippen LogP contribution is 2.15. The van der Waals surface area contributed by atoms with Crippen molar-refractivity contribution in [2.24, 2.45) is 0 Å². The molecule has 0 aliphatic heterocycles. The van der Waals surface area contributed by atoms with E-state index in [1.54, 1.807) is 6.08 Å². The maximum Gasteiger partial charge on any atom is 0.220 e. The summed E-state index contributed by atoms with van der Waals surface area (Å²) in [6, 6.07) is -0.611. The van der Waals surface area contributed by atoms with Crippen LogP contribution in [-0.2, 0) is 4.79 Å². The van der Waals surface area contributed by atoms with E-state index in [4.69, 9.17) is 0 Å². The quantitative estimate of drug-likeness (QED) is 0.0561. The smallest absolute Gasteiger partial charge is 0.220 e. The predicted molar refractivity (Wildman–Crippen MR) is 175 cm³/mol. The molecule has 0 rings (SSSR count). The molecule has 0 aliphatic rings. The maximum atomic E-state index is 11.9. The first kappa shape index (κ1) is 39.1. The number of unbranched alkanes of at least 4 members (excludes halogenated alkanes) is 25. The first-order valence-electron chi connectivity index (χ1n) is 17.9. The minimum Gasteiger partial charge on any atom is -0.394 e. The van der Waals surface area contributed by atoms with Crippen LogP contribution in [0.2, 0.25) is 0 Å². The van der Waals surface area contributed by atoms with Crippen molar-refractivity contribution in [3.8, 4) is 0 Å². The molecule has 2 atom stereocenters. The van der Waals surface area contributed by atoms with Crippen LogP contribution in [0.3, 0.4) is 0 Å². The van der Waals surface area contributed by atoms with Crippen molar-refractivity contribution in [2.75, 3.05) is 6.61 Å². The Hall–Kier alpha value is -0.870. The summed E-state index contributed by atoms with van der Waals surface area (Å²) in [5, 5.41) is 22.5. The van der Waals surface area contributed by atoms with Crippen LogP contribution in [0.1, 0.15) is 194 Å². The molecule has 238 valence electrons. The fraction of sp³-hybridized carbons (Fsp3) is 0.917. The van der Waals surface area contributed by atoms with E-state index in [2.05, 4.69) is 19.2 Å². The van der Waals surface area contributed by atoms with Crippen molar-refractivity contribution in [3.63, 3.8) is 0 Å². The molecule has 1 amide bonds. The number of aliphatic hydroxyl groups is 2. The highest BCUT2D eigenvalue weighted by molar-refractivity contribution is 5.76. The molecule has 2 unspecified atom stereocenters. The van der Waals surface area contributed by atoms with Crippen LogP contribution in [0.5, 0.6) is 0 Å². The standard InChI is InChI=1S/C36H71NO3/c1-3-5-7-8-9-10-11-12-13-14-15-16-17-18-19-20-21-22-23-24-25-26-27-28-30-31-35(39)34(33-38)37-36(40)32-29-6-4-2/h30-31,34-35,38-39H,3-29,32-33H2,1-2H3,(H,37,40)/b31-30+. The van der Waals surface area contributed by atoms with E-state index in [-0.39, 0.29) is 12.5 Å². The third-order valence-corrected chi connectivity index (χ3v) is 8.27. The second kappa shape index (κ2) is 32.6. The van der Waals surface area contributed by atoms with E-state index in [1.807, 2.05) is 6.08 Å². The second-order valence-corrected chi connectivity index (χ2v) is 12.3. The van der Waals surface area contributed by atoms with Gasteiger partial charge in [-0.3, -0.25) is 4.79 Å². The van der Waals surface area contributed by atoms with Gasteiger partial charge in [0.2, 0.25) is 5.91 Å². The van der Waals surface area contributed by atoms with Gasteiger partial charge in [-0.1, -0.05) is 180 Å². The van der Waals surface area contributed by atoms with Gasteiger partial charge in [-0.25, -0.2) is 0 Å². The molecule has 0 aliphatic carbocycles. The lowest BCUT2D eigenvalue weighted by Gasteiger charge is -2.19. The molecule has 0 heterocycles. The highest BCUT2D eigenvalue weighted by atomic mass is 16.3. The normalized spacial score (nSPS) is 13.2. The van der Waals surface area contributed by atoms with Crippen molar-refractivity contribution >= 4 is 5.91 Å². The Morgan fingerprint density at radius 1 is 0.575 bits per heavy atom. The number of carbonyl (C=O) groups excluding carboxylic acids is 1. The molecule has 0 saturated heterocycles. The van der Waals surface area contributed by atoms with Gasteiger partial charge in [0.25, 0.3) is 0 Å². The van der Waals surface area contributed by atoms with Crippen LogP contribution < -0.4 is 5.32 Å². The van der Waals surface area contributed by atoms with Gasteiger partial charge in [0.15, 0.2) is 0 Å². The summed E-state index contributed by atoms with van der Waals surface area (Å²) in [6.07, 6.45) is 39.5. The Kier molecular flexibility index (Phi) is 31.9. The van der Waals surface area contributed by atoms with Gasteiger partial charge in [0.05, 0.1) is 18.8 Å². The van der Waals surface area contributed by atoms with E-state index in [9.17, 15) is 15.0 Å². The molecule has 40 heavy (non-hydrogen) atoms. The molecule has 0 aromatic rings. The summed E-state index contributed by atoms with van der Waals surface area (Å²) in [7, 11) is 0. The molecular weight excluding hydrogens is 494 g/mol. The number of hydrogen-bond acceptors (Lipinski definition) is 3. The summed E-state index contributed by atoms with van der Waals surface area (Å²) < 4.78 is 0. The lowest BCUT2D eigenvalue weighted by atomic mass is 10.0. The SMILES string of the molecule is CCCCCCCCCCCCCCCCCCCCCCCCC/C=C/C(O)C(CO)NC(=O)CCCCC. The minimum absolute atomic E-state index is 0.0882. The average molecular weight is 566 g/mol. The van der Waals surface area contributed by atoms with E-state index >= 15 is 0 Å². The van der Waals surface area contributed by atoms with Gasteiger partial charge in [-0.05, 0) is 19.3 Å². The van der Waals surface area contributed by atoms with Crippen molar-refractivity contribution in [1.29, 1.82) is 0 Å². The van der Waals surface area contributed by atoms with E-state index in [0.717, 1.165) is 32.1 Å². The molecule has 0 saturated carbocycles. The number of aliphatic hydroxyl groups excluding tert-OH is 2. The number of nitrogens with one attached hydrogen (secondary N) is 1. The Labute approximate surface area is 250 Å². The van der Waals surface area contributed by atoms with Crippen molar-refractivity contribution in [1.82, 2.24) is 5.32 Å². The molecule has 0 bridgehead atoms. The van der Waals surface area contributed by atoms with Gasteiger partial charge >= 0.3 is 0 Å². The Morgan fingerprint density at radius 2 is 0.925 bits per heavy atom.